The van der Waals surface area contributed by atoms with Crippen molar-refractivity contribution in [1.29, 1.82) is 0 Å². The fourth-order valence-corrected chi connectivity index (χ4v) is 21.1. The fourth-order valence-electron chi connectivity index (χ4n) is 19.4. The maximum atomic E-state index is 12.7. The highest BCUT2D eigenvalue weighted by Gasteiger charge is 2.41. The molecule has 3 amide bonds. The minimum Gasteiger partial charge on any atom is -0.353 e. The second kappa shape index (κ2) is 97.3. The van der Waals surface area contributed by atoms with Crippen LogP contribution in [-0.2, 0) is 61.6 Å². The van der Waals surface area contributed by atoms with Crippen molar-refractivity contribution in [3.05, 3.63) is 0 Å². The van der Waals surface area contributed by atoms with Crippen LogP contribution in [0.2, 0.25) is 0 Å². The topological polar surface area (TPSA) is 240 Å². The van der Waals surface area contributed by atoms with Gasteiger partial charge in [0.2, 0.25) is 17.7 Å². The molecule has 18 nitrogen and oxygen atoms in total. The van der Waals surface area contributed by atoms with Crippen LogP contribution in [-0.4, -0.2) is 133 Å². The molecule has 0 radical (unpaired) electrons. The van der Waals surface area contributed by atoms with Crippen molar-refractivity contribution in [2.24, 2.45) is 94.5 Å². The Balaban J connectivity index is -0.000000321. The van der Waals surface area contributed by atoms with Crippen molar-refractivity contribution in [2.45, 2.75) is 613 Å². The van der Waals surface area contributed by atoms with E-state index in [1.807, 2.05) is 0 Å². The molecule has 19 heteroatoms. The molecule has 5 N–H and O–H groups in total. The SMILES string of the molecule is C.CCC(C)CC.CCC(CC)NC(=O)CCCCCCC(=O)CCCCOC1OC(CC)C(C)C(C)C1C.CCC(CC)NC(=O)CCCCCN.CCCCC(C(C(C)C)C(C)C)C(C(C)C)C(C)C.CCCCCCC(=O)NC(CC)CC.CCCCCCC(C)=O.CCCOP(OCC(CC)CC(=O)CCCCCCC(=O)CCCCOC1OC(CC)C(C)C(C)C1C)N(C(C)C)C(C)C.[HH]. The number of nitrogens with one attached hydrogen (secondary N) is 3. The van der Waals surface area contributed by atoms with Gasteiger partial charge in [-0.3, -0.25) is 28.8 Å². The van der Waals surface area contributed by atoms with Gasteiger partial charge in [-0.05, 0) is 259 Å². The number of nitrogens with zero attached hydrogens (tertiary/aromatic N) is 1. The average Bonchev–Trinajstić information content (AvgIpc) is 0.820. The first-order valence-electron chi connectivity index (χ1n) is 58.6. The van der Waals surface area contributed by atoms with Crippen molar-refractivity contribution in [3.8, 4) is 0 Å². The van der Waals surface area contributed by atoms with Crippen molar-refractivity contribution >= 4 is 49.4 Å². The second-order valence-corrected chi connectivity index (χ2v) is 45.0. The molecule has 2 rings (SSSR count). The number of nitrogens with two attached hydrogens (primary N) is 1. The Kier molecular flexibility index (Phi) is 103. The third-order valence-corrected chi connectivity index (χ3v) is 31.7. The largest absolute Gasteiger partial charge is 0.353 e. The Hall–Kier alpha value is -2.80. The van der Waals surface area contributed by atoms with Gasteiger partial charge < -0.3 is 54.5 Å². The molecular weight excluding hydrogens is 1750 g/mol. The van der Waals surface area contributed by atoms with E-state index in [0.717, 1.165) is 234 Å². The maximum absolute atomic E-state index is 12.7. The van der Waals surface area contributed by atoms with E-state index >= 15 is 0 Å². The van der Waals surface area contributed by atoms with Crippen LogP contribution in [0.1, 0.15) is 559 Å². The Morgan fingerprint density at radius 3 is 0.950 bits per heavy atom. The third-order valence-electron chi connectivity index (χ3n) is 29.6. The predicted octanol–water partition coefficient (Wildman–Crippen LogP) is 33.9. The highest BCUT2D eigenvalue weighted by molar-refractivity contribution is 7.44. The van der Waals surface area contributed by atoms with Gasteiger partial charge in [0, 0.05) is 121 Å². The smallest absolute Gasteiger partial charge is 0.259 e. The van der Waals surface area contributed by atoms with Gasteiger partial charge in [-0.1, -0.05) is 318 Å². The number of unbranched alkanes of at least 4 members (excludes halogenated alkanes) is 17. The molecule has 0 spiro atoms. The van der Waals surface area contributed by atoms with Gasteiger partial charge in [0.05, 0.1) is 25.4 Å². The highest BCUT2D eigenvalue weighted by atomic mass is 31.2. The molecule has 2 heterocycles. The molecule has 2 aliphatic rings. The predicted molar refractivity (Wildman–Crippen MR) is 604 cm³/mol. The number of hydrogen-bond donors (Lipinski definition) is 4. The summed E-state index contributed by atoms with van der Waals surface area (Å²) in [4.78, 5) is 82.3. The van der Waals surface area contributed by atoms with E-state index < -0.39 is 8.53 Å². The lowest BCUT2D eigenvalue weighted by atomic mass is 9.63. The quantitative estimate of drug-likeness (QED) is 0.0327. The molecule has 12 unspecified atom stereocenters. The lowest BCUT2D eigenvalue weighted by Gasteiger charge is -2.43. The highest BCUT2D eigenvalue weighted by Crippen LogP contribution is 2.47. The summed E-state index contributed by atoms with van der Waals surface area (Å²) in [7, 11) is -1.13. The van der Waals surface area contributed by atoms with Crippen LogP contribution < -0.4 is 21.7 Å². The van der Waals surface area contributed by atoms with E-state index in [0.29, 0.717) is 173 Å². The summed E-state index contributed by atoms with van der Waals surface area (Å²) in [6.07, 6.45) is 47.5. The maximum Gasteiger partial charge on any atom is 0.259 e. The molecule has 2 fully saturated rings. The second-order valence-electron chi connectivity index (χ2n) is 43.6. The minimum atomic E-state index is -1.13. The van der Waals surface area contributed by atoms with Gasteiger partial charge in [-0.15, -0.1) is 0 Å². The first-order chi connectivity index (χ1) is 65.6. The summed E-state index contributed by atoms with van der Waals surface area (Å²) >= 11 is 0. The summed E-state index contributed by atoms with van der Waals surface area (Å²) < 4.78 is 39.3. The normalized spacial score (nSPS) is 18.5. The third kappa shape index (κ3) is 77.3. The van der Waals surface area contributed by atoms with Crippen LogP contribution in [0.15, 0.2) is 0 Å². The number of hydrogen-bond acceptors (Lipinski definition) is 15. The van der Waals surface area contributed by atoms with Crippen LogP contribution in [0.5, 0.6) is 0 Å². The average molecular weight is 2000 g/mol. The number of Topliss-reactive ketones (excluding diaryl/α,β-unsaturated/α-hetero) is 4. The molecule has 0 aromatic carbocycles. The van der Waals surface area contributed by atoms with E-state index in [9.17, 15) is 33.6 Å². The van der Waals surface area contributed by atoms with Gasteiger partial charge in [0.25, 0.3) is 8.53 Å². The van der Waals surface area contributed by atoms with E-state index in [1.54, 1.807) is 6.92 Å². The fraction of sp³-hybridized carbons (Fsp3) is 0.942. The Bertz CT molecular complexity index is 2700. The lowest BCUT2D eigenvalue weighted by Crippen LogP contribution is -2.45. The zero-order valence-corrected chi connectivity index (χ0v) is 99.0. The number of ketones is 4. The molecule has 0 aliphatic carbocycles. The number of carbonyl (C=O) groups is 7. The van der Waals surface area contributed by atoms with Crippen molar-refractivity contribution in [1.82, 2.24) is 20.6 Å². The number of rotatable bonds is 75. The molecule has 12 atom stereocenters. The summed E-state index contributed by atoms with van der Waals surface area (Å²) in [6, 6.07) is 1.72. The first-order valence-corrected chi connectivity index (χ1v) is 59.7. The van der Waals surface area contributed by atoms with E-state index in [2.05, 4.69) is 256 Å². The number of amides is 3. The molecule has 0 aromatic rings. The zero-order valence-electron chi connectivity index (χ0n) is 98.1. The zero-order chi connectivity index (χ0) is 106. The number of carbonyl (C=O) groups excluding carboxylic acids is 7. The van der Waals surface area contributed by atoms with Gasteiger partial charge in [-0.25, -0.2) is 4.67 Å². The van der Waals surface area contributed by atoms with E-state index in [1.165, 1.54) is 70.6 Å². The number of ether oxygens (including phenoxy) is 4. The summed E-state index contributed by atoms with van der Waals surface area (Å²) in [5.41, 5.74) is 5.37. The first kappa shape index (κ1) is 147. The monoisotopic (exact) mass is 2000 g/mol. The van der Waals surface area contributed by atoms with Crippen LogP contribution >= 0.6 is 8.53 Å². The summed E-state index contributed by atoms with van der Waals surface area (Å²) in [5.74, 6) is 12.1. The van der Waals surface area contributed by atoms with Gasteiger partial charge in [0.1, 0.15) is 23.1 Å². The molecular formula is C120H246N5O13P. The molecule has 2 aliphatic heterocycles. The standard InChI is InChI=1S/C36H70NO6P.C27H51NO4.C19H40.C12H25NO.C11H24N2O.C8H16O.C6H14.CH4.H2/c1-11-23-41-44(37(27(4)5)28(6)7)42-26-32(12-2)25-34(39)22-17-15-14-16-20-33(38)21-18-19-24-40-36-31(10)29(8)30(9)35(13-3)43-36;1-7-23(8-2)28-26(30)18-13-11-10-12-16-24(29)17-14-15-19-31-27-22(6)20(4)21(5)25(9-3)32-27;1-10-11-12-17(18(13(2)3)14(4)5)19(15(6)7)16(8)9;1-4-7-8-9-10-12(14)13-11(5-2)6-3;1-3-10(4-2)13-11(14)8-6-5-7-9-12;1-3-4-5-6-7-8(2)9;1-4-6(3)5-2;;/h27-32,35-36H,11-26H2,1-10H3;20-23,25,27H,7-19H2,1-6H3,(H,28,30);13-19H,10-12H2,1-9H3;11H,4-10H2,1-3H3,(H,13,14);10H,3-9,12H2,1-2H3,(H,13,14);3-7H2,1-2H3;6H,4-5H2,1-3H3;1H4;1H. The molecule has 0 bridgehead atoms. The Labute approximate surface area is 868 Å². The minimum absolute atomic E-state index is 0. The summed E-state index contributed by atoms with van der Waals surface area (Å²) in [5, 5.41) is 9.16. The van der Waals surface area contributed by atoms with Crippen molar-refractivity contribution < 1.29 is 63.0 Å². The van der Waals surface area contributed by atoms with Crippen molar-refractivity contribution in [2.75, 3.05) is 33.0 Å². The van der Waals surface area contributed by atoms with Crippen LogP contribution in [0.25, 0.3) is 0 Å². The van der Waals surface area contributed by atoms with Crippen LogP contribution in [0, 0.1) is 88.8 Å². The van der Waals surface area contributed by atoms with Crippen LogP contribution in [0.4, 0.5) is 0 Å². The van der Waals surface area contributed by atoms with Gasteiger partial charge >= 0.3 is 0 Å². The molecule has 834 valence electrons. The Morgan fingerprint density at radius 1 is 0.353 bits per heavy atom. The van der Waals surface area contributed by atoms with Crippen molar-refractivity contribution in [3.63, 3.8) is 0 Å². The van der Waals surface area contributed by atoms with Crippen LogP contribution in [0.3, 0.4) is 0 Å². The molecule has 0 aromatic heterocycles. The molecule has 139 heavy (non-hydrogen) atoms. The summed E-state index contributed by atoms with van der Waals surface area (Å²) in [6.45, 7) is 81.4. The molecule has 2 saturated heterocycles. The van der Waals surface area contributed by atoms with E-state index in [-0.39, 0.29) is 57.3 Å². The lowest BCUT2D eigenvalue weighted by molar-refractivity contribution is -0.248. The van der Waals surface area contributed by atoms with E-state index in [4.69, 9.17) is 33.7 Å². The Morgan fingerprint density at radius 2 is 0.669 bits per heavy atom. The molecule has 0 saturated carbocycles. The van der Waals surface area contributed by atoms with Gasteiger partial charge in [0.15, 0.2) is 12.6 Å². The van der Waals surface area contributed by atoms with Gasteiger partial charge in [-0.2, -0.15) is 0 Å².